The molecule has 0 bridgehead atoms. The van der Waals surface area contributed by atoms with Gasteiger partial charge in [-0.1, -0.05) is 47.5 Å². The van der Waals surface area contributed by atoms with Gasteiger partial charge in [-0.15, -0.1) is 0 Å². The van der Waals surface area contributed by atoms with Gasteiger partial charge >= 0.3 is 5.97 Å². The third-order valence-corrected chi connectivity index (χ3v) is 5.94. The highest BCUT2D eigenvalue weighted by Gasteiger charge is 2.17. The Hall–Kier alpha value is -3.28. The molecule has 0 aliphatic heterocycles. The van der Waals surface area contributed by atoms with E-state index in [4.69, 9.17) is 32.7 Å². The lowest BCUT2D eigenvalue weighted by Gasteiger charge is -2.10. The van der Waals surface area contributed by atoms with Gasteiger partial charge in [0.25, 0.3) is 0 Å². The SMILES string of the molecule is COc1ccc(OC(=O)Cc2cn(Cc3ccc(Cl)cc3Cl)c3ccccc23)c(C(C)=O)c1. The zero-order valence-electron chi connectivity index (χ0n) is 18.1. The van der Waals surface area contributed by atoms with Crippen LogP contribution in [0.4, 0.5) is 0 Å². The standard InChI is InChI=1S/C26H21Cl2NO4/c1-16(30)22-13-20(32-2)9-10-25(22)33-26(31)11-18-15-29(24-6-4-3-5-21(18)24)14-17-7-8-19(27)12-23(17)28/h3-10,12-13,15H,11,14H2,1-2H3. The number of rotatable bonds is 7. The Kier molecular flexibility index (Phi) is 6.72. The molecule has 0 fully saturated rings. The maximum absolute atomic E-state index is 12.8. The van der Waals surface area contributed by atoms with Crippen LogP contribution in [0.2, 0.25) is 10.0 Å². The lowest BCUT2D eigenvalue weighted by molar-refractivity contribution is -0.133. The highest BCUT2D eigenvalue weighted by molar-refractivity contribution is 6.35. The van der Waals surface area contributed by atoms with Gasteiger partial charge in [-0.25, -0.2) is 0 Å². The second-order valence-electron chi connectivity index (χ2n) is 7.60. The first-order valence-electron chi connectivity index (χ1n) is 10.3. The fraction of sp³-hybridized carbons (Fsp3) is 0.154. The Balaban J connectivity index is 1.61. The van der Waals surface area contributed by atoms with Gasteiger partial charge in [-0.2, -0.15) is 0 Å². The van der Waals surface area contributed by atoms with Crippen LogP contribution in [0.3, 0.4) is 0 Å². The number of para-hydroxylation sites is 1. The van der Waals surface area contributed by atoms with Crippen LogP contribution < -0.4 is 9.47 Å². The molecule has 7 heteroatoms. The van der Waals surface area contributed by atoms with Gasteiger partial charge in [0.2, 0.25) is 0 Å². The van der Waals surface area contributed by atoms with Gasteiger partial charge in [0, 0.05) is 33.7 Å². The summed E-state index contributed by atoms with van der Waals surface area (Å²) in [6.45, 7) is 1.94. The Labute approximate surface area is 201 Å². The predicted molar refractivity (Wildman–Crippen MR) is 130 cm³/mol. The van der Waals surface area contributed by atoms with Gasteiger partial charge in [0.1, 0.15) is 11.5 Å². The van der Waals surface area contributed by atoms with Crippen LogP contribution >= 0.6 is 23.2 Å². The molecule has 5 nitrogen and oxygen atoms in total. The van der Waals surface area contributed by atoms with E-state index in [1.165, 1.54) is 14.0 Å². The van der Waals surface area contributed by atoms with Crippen molar-refractivity contribution in [3.8, 4) is 11.5 Å². The number of carbonyl (C=O) groups excluding carboxylic acids is 2. The van der Waals surface area contributed by atoms with Gasteiger partial charge in [-0.05, 0) is 54.4 Å². The molecule has 3 aromatic carbocycles. The minimum absolute atomic E-state index is 0.0469. The maximum atomic E-state index is 12.8. The van der Waals surface area contributed by atoms with E-state index in [9.17, 15) is 9.59 Å². The Morgan fingerprint density at radius 1 is 0.970 bits per heavy atom. The number of halogens is 2. The lowest BCUT2D eigenvalue weighted by Crippen LogP contribution is -2.13. The molecule has 33 heavy (non-hydrogen) atoms. The third kappa shape index (κ3) is 5.05. The zero-order valence-corrected chi connectivity index (χ0v) is 19.6. The van der Waals surface area contributed by atoms with Gasteiger partial charge < -0.3 is 14.0 Å². The summed E-state index contributed by atoms with van der Waals surface area (Å²) in [6.07, 6.45) is 1.97. The Morgan fingerprint density at radius 3 is 2.48 bits per heavy atom. The summed E-state index contributed by atoms with van der Waals surface area (Å²) in [5.74, 6) is 0.0529. The van der Waals surface area contributed by atoms with Crippen molar-refractivity contribution in [3.05, 3.63) is 93.6 Å². The van der Waals surface area contributed by atoms with Crippen LogP contribution in [0, 0.1) is 0 Å². The quantitative estimate of drug-likeness (QED) is 0.175. The summed E-state index contributed by atoms with van der Waals surface area (Å²) in [7, 11) is 1.51. The second kappa shape index (κ2) is 9.69. The molecule has 0 aliphatic rings. The summed E-state index contributed by atoms with van der Waals surface area (Å²) < 4.78 is 12.8. The normalized spacial score (nSPS) is 10.9. The molecule has 1 aromatic heterocycles. The van der Waals surface area contributed by atoms with E-state index in [2.05, 4.69) is 0 Å². The number of Topliss-reactive ketones (excluding diaryl/α,β-unsaturated/α-hetero) is 1. The summed E-state index contributed by atoms with van der Waals surface area (Å²) in [4.78, 5) is 24.8. The lowest BCUT2D eigenvalue weighted by atomic mass is 10.1. The highest BCUT2D eigenvalue weighted by atomic mass is 35.5. The second-order valence-corrected chi connectivity index (χ2v) is 8.45. The van der Waals surface area contributed by atoms with Crippen molar-refractivity contribution in [2.24, 2.45) is 0 Å². The number of esters is 1. The van der Waals surface area contributed by atoms with E-state index in [0.29, 0.717) is 27.9 Å². The molecule has 168 valence electrons. The van der Waals surface area contributed by atoms with Crippen LogP contribution in [0.15, 0.2) is 66.9 Å². The van der Waals surface area contributed by atoms with Crippen molar-refractivity contribution in [1.82, 2.24) is 4.57 Å². The van der Waals surface area contributed by atoms with Crippen LogP contribution in [0.5, 0.6) is 11.5 Å². The molecule has 4 aromatic rings. The summed E-state index contributed by atoms with van der Waals surface area (Å²) in [5.41, 5.74) is 3.00. The fourth-order valence-corrected chi connectivity index (χ4v) is 4.21. The van der Waals surface area contributed by atoms with Crippen LogP contribution in [0.1, 0.15) is 28.4 Å². The van der Waals surface area contributed by atoms with Crippen LogP contribution in [-0.4, -0.2) is 23.4 Å². The average Bonchev–Trinajstić information content (AvgIpc) is 3.13. The first-order chi connectivity index (χ1) is 15.9. The monoisotopic (exact) mass is 481 g/mol. The van der Waals surface area contributed by atoms with E-state index in [1.807, 2.05) is 41.1 Å². The van der Waals surface area contributed by atoms with Crippen molar-refractivity contribution in [1.29, 1.82) is 0 Å². The van der Waals surface area contributed by atoms with E-state index < -0.39 is 5.97 Å². The van der Waals surface area contributed by atoms with Crippen molar-refractivity contribution in [3.63, 3.8) is 0 Å². The smallest absolute Gasteiger partial charge is 0.315 e. The Morgan fingerprint density at radius 2 is 1.76 bits per heavy atom. The largest absolute Gasteiger partial charge is 0.497 e. The maximum Gasteiger partial charge on any atom is 0.315 e. The first kappa shape index (κ1) is 22.9. The highest BCUT2D eigenvalue weighted by Crippen LogP contribution is 2.28. The topological polar surface area (TPSA) is 57.5 Å². The first-order valence-corrected chi connectivity index (χ1v) is 11.0. The van der Waals surface area contributed by atoms with Crippen molar-refractivity contribution >= 4 is 45.9 Å². The number of ketones is 1. The van der Waals surface area contributed by atoms with Crippen molar-refractivity contribution in [2.45, 2.75) is 19.9 Å². The molecule has 0 spiro atoms. The molecule has 0 atom stereocenters. The third-order valence-electron chi connectivity index (χ3n) is 5.35. The van der Waals surface area contributed by atoms with Crippen molar-refractivity contribution in [2.75, 3.05) is 7.11 Å². The molecule has 0 unspecified atom stereocenters. The number of benzene rings is 3. The van der Waals surface area contributed by atoms with Crippen LogP contribution in [0.25, 0.3) is 10.9 Å². The molecule has 0 saturated heterocycles. The molecule has 0 N–H and O–H groups in total. The van der Waals surface area contributed by atoms with Crippen LogP contribution in [-0.2, 0) is 17.8 Å². The number of aromatic nitrogens is 1. The van der Waals surface area contributed by atoms with Gasteiger partial charge in [-0.3, -0.25) is 9.59 Å². The minimum atomic E-state index is -0.463. The molecule has 0 amide bonds. The van der Waals surface area contributed by atoms with E-state index >= 15 is 0 Å². The minimum Gasteiger partial charge on any atom is -0.497 e. The number of hydrogen-bond donors (Lipinski definition) is 0. The zero-order chi connectivity index (χ0) is 23.5. The number of carbonyl (C=O) groups is 2. The van der Waals surface area contributed by atoms with Gasteiger partial charge in [0.15, 0.2) is 5.78 Å². The number of nitrogens with zero attached hydrogens (tertiary/aromatic N) is 1. The van der Waals surface area contributed by atoms with Gasteiger partial charge in [0.05, 0.1) is 19.1 Å². The fourth-order valence-electron chi connectivity index (χ4n) is 3.74. The molecule has 0 radical (unpaired) electrons. The average molecular weight is 482 g/mol. The number of methoxy groups -OCH3 is 1. The Bertz CT molecular complexity index is 1360. The van der Waals surface area contributed by atoms with Crippen molar-refractivity contribution < 1.29 is 19.1 Å². The number of hydrogen-bond acceptors (Lipinski definition) is 4. The molecule has 1 heterocycles. The molecular weight excluding hydrogens is 461 g/mol. The molecule has 0 aliphatic carbocycles. The summed E-state index contributed by atoms with van der Waals surface area (Å²) >= 11 is 12.4. The molecular formula is C26H21Cl2NO4. The van der Waals surface area contributed by atoms with E-state index in [0.717, 1.165) is 22.0 Å². The number of ether oxygens (including phenoxy) is 2. The summed E-state index contributed by atoms with van der Waals surface area (Å²) in [6, 6.07) is 18.0. The molecule has 0 saturated carbocycles. The van der Waals surface area contributed by atoms with E-state index in [-0.39, 0.29) is 18.0 Å². The van der Waals surface area contributed by atoms with E-state index in [1.54, 1.807) is 30.3 Å². The summed E-state index contributed by atoms with van der Waals surface area (Å²) in [5, 5.41) is 2.10. The molecule has 4 rings (SSSR count). The predicted octanol–water partition coefficient (Wildman–Crippen LogP) is 6.36. The number of fused-ring (bicyclic) bond motifs is 1.